The Morgan fingerprint density at radius 2 is 1.71 bits per heavy atom. The molecule has 0 aliphatic heterocycles. The van der Waals surface area contributed by atoms with Crippen LogP contribution in [-0.4, -0.2) is 40.6 Å². The third-order valence-electron chi connectivity index (χ3n) is 5.80. The Labute approximate surface area is 201 Å². The van der Waals surface area contributed by atoms with Crippen LogP contribution in [0.1, 0.15) is 46.4 Å². The number of anilines is 1. The molecule has 0 fully saturated rings. The summed E-state index contributed by atoms with van der Waals surface area (Å²) in [5.74, 6) is -1.67. The van der Waals surface area contributed by atoms with Crippen LogP contribution < -0.4 is 10.6 Å². The molecule has 1 heterocycles. The zero-order chi connectivity index (χ0) is 24.2. The fourth-order valence-electron chi connectivity index (χ4n) is 4.18. The van der Waals surface area contributed by atoms with Crippen molar-refractivity contribution in [3.63, 3.8) is 0 Å². The molecule has 1 aliphatic rings. The summed E-state index contributed by atoms with van der Waals surface area (Å²) in [6.45, 7) is 3.87. The number of aromatic nitrogens is 1. The van der Waals surface area contributed by atoms with Gasteiger partial charge in [0.1, 0.15) is 17.2 Å². The summed E-state index contributed by atoms with van der Waals surface area (Å²) in [5.41, 5.74) is 4.96. The van der Waals surface area contributed by atoms with Gasteiger partial charge in [-0.05, 0) is 46.6 Å². The van der Waals surface area contributed by atoms with Crippen LogP contribution in [0.2, 0.25) is 0 Å². The molecule has 3 N–H and O–H groups in total. The molecule has 34 heavy (non-hydrogen) atoms. The van der Waals surface area contributed by atoms with Crippen LogP contribution in [0.3, 0.4) is 0 Å². The van der Waals surface area contributed by atoms with E-state index in [1.165, 1.54) is 0 Å². The highest BCUT2D eigenvalue weighted by Crippen LogP contribution is 2.44. The molecule has 1 unspecified atom stereocenters. The predicted octanol–water partition coefficient (Wildman–Crippen LogP) is 4.65. The van der Waals surface area contributed by atoms with Gasteiger partial charge in [-0.3, -0.25) is 4.79 Å². The van der Waals surface area contributed by atoms with E-state index in [0.29, 0.717) is 5.69 Å². The van der Waals surface area contributed by atoms with Crippen LogP contribution in [0.15, 0.2) is 48.5 Å². The lowest BCUT2D eigenvalue weighted by Crippen LogP contribution is -2.31. The standard InChI is InChI=1S/C25H25N3O5S/c1-14(11-21(29)27-23-22(24(30)31)15(2)28-34-23)12-26-25(32)33-13-20-18-9-5-3-7-16(18)17-8-4-6-10-19(17)20/h3-10,14,20H,11-13H2,1-2H3,(H,26,32)(H,27,29)(H,30,31). The Kier molecular flexibility index (Phi) is 6.93. The molecule has 176 valence electrons. The highest BCUT2D eigenvalue weighted by Gasteiger charge is 2.29. The highest BCUT2D eigenvalue weighted by atomic mass is 32.1. The molecule has 0 saturated heterocycles. The molecular formula is C25H25N3O5S. The van der Waals surface area contributed by atoms with E-state index in [4.69, 9.17) is 4.74 Å². The van der Waals surface area contributed by atoms with Crippen molar-refractivity contribution in [1.29, 1.82) is 0 Å². The van der Waals surface area contributed by atoms with Gasteiger partial charge in [0.25, 0.3) is 0 Å². The summed E-state index contributed by atoms with van der Waals surface area (Å²) >= 11 is 0.935. The molecule has 0 spiro atoms. The number of carbonyl (C=O) groups excluding carboxylic acids is 2. The number of aryl methyl sites for hydroxylation is 1. The van der Waals surface area contributed by atoms with Gasteiger partial charge in [-0.2, -0.15) is 4.37 Å². The Balaban J connectivity index is 1.26. The smallest absolute Gasteiger partial charge is 0.407 e. The number of rotatable bonds is 8. The lowest BCUT2D eigenvalue weighted by Gasteiger charge is -2.16. The molecule has 2 amide bonds. The van der Waals surface area contributed by atoms with Crippen molar-refractivity contribution in [3.8, 4) is 11.1 Å². The normalized spacial score (nSPS) is 13.0. The first-order valence-electron chi connectivity index (χ1n) is 10.9. The maximum absolute atomic E-state index is 12.3. The molecule has 0 saturated carbocycles. The van der Waals surface area contributed by atoms with Gasteiger partial charge in [-0.1, -0.05) is 55.5 Å². The zero-order valence-corrected chi connectivity index (χ0v) is 19.6. The summed E-state index contributed by atoms with van der Waals surface area (Å²) in [7, 11) is 0. The van der Waals surface area contributed by atoms with E-state index in [1.807, 2.05) is 31.2 Å². The van der Waals surface area contributed by atoms with Gasteiger partial charge in [0, 0.05) is 18.9 Å². The van der Waals surface area contributed by atoms with Gasteiger partial charge < -0.3 is 20.5 Å². The summed E-state index contributed by atoms with van der Waals surface area (Å²) in [6, 6.07) is 16.2. The van der Waals surface area contributed by atoms with Crippen LogP contribution in [0, 0.1) is 12.8 Å². The number of fused-ring (bicyclic) bond motifs is 3. The van der Waals surface area contributed by atoms with E-state index >= 15 is 0 Å². The second kappa shape index (κ2) is 10.0. The molecule has 1 aliphatic carbocycles. The van der Waals surface area contributed by atoms with Crippen LogP contribution in [0.25, 0.3) is 11.1 Å². The van der Waals surface area contributed by atoms with E-state index in [-0.39, 0.29) is 47.9 Å². The van der Waals surface area contributed by atoms with E-state index in [0.717, 1.165) is 33.8 Å². The molecule has 1 atom stereocenters. The topological polar surface area (TPSA) is 118 Å². The van der Waals surface area contributed by atoms with E-state index in [1.54, 1.807) is 6.92 Å². The van der Waals surface area contributed by atoms with Crippen molar-refractivity contribution in [1.82, 2.24) is 9.69 Å². The Hall–Kier alpha value is -3.72. The number of ether oxygens (including phenoxy) is 1. The molecule has 2 aromatic carbocycles. The molecule has 9 heteroatoms. The minimum Gasteiger partial charge on any atom is -0.478 e. The predicted molar refractivity (Wildman–Crippen MR) is 129 cm³/mol. The fourth-order valence-corrected chi connectivity index (χ4v) is 4.99. The second-order valence-corrected chi connectivity index (χ2v) is 9.11. The number of nitrogens with one attached hydrogen (secondary N) is 2. The lowest BCUT2D eigenvalue weighted by molar-refractivity contribution is -0.116. The van der Waals surface area contributed by atoms with Crippen LogP contribution in [0.4, 0.5) is 9.80 Å². The number of carboxylic acids is 1. The number of hydrogen-bond donors (Lipinski definition) is 3. The van der Waals surface area contributed by atoms with Crippen molar-refractivity contribution < 1.29 is 24.2 Å². The minimum atomic E-state index is -1.13. The average Bonchev–Trinajstić information content (AvgIpc) is 3.33. The van der Waals surface area contributed by atoms with Gasteiger partial charge in [0.05, 0.1) is 5.69 Å². The molecule has 0 bridgehead atoms. The van der Waals surface area contributed by atoms with Gasteiger partial charge >= 0.3 is 12.1 Å². The summed E-state index contributed by atoms with van der Waals surface area (Å²) in [6.07, 6.45) is -0.431. The Bertz CT molecular complexity index is 1190. The third-order valence-corrected chi connectivity index (χ3v) is 6.66. The van der Waals surface area contributed by atoms with Crippen molar-refractivity contribution >= 4 is 34.5 Å². The monoisotopic (exact) mass is 479 g/mol. The summed E-state index contributed by atoms with van der Waals surface area (Å²) in [4.78, 5) is 36.0. The van der Waals surface area contributed by atoms with Crippen LogP contribution in [-0.2, 0) is 9.53 Å². The fraction of sp³-hybridized carbons (Fsp3) is 0.280. The van der Waals surface area contributed by atoms with Gasteiger partial charge in [0.2, 0.25) is 5.91 Å². The summed E-state index contributed by atoms with van der Waals surface area (Å²) in [5, 5.41) is 14.8. The van der Waals surface area contributed by atoms with Gasteiger partial charge in [-0.15, -0.1) is 0 Å². The third kappa shape index (κ3) is 4.94. The zero-order valence-electron chi connectivity index (χ0n) is 18.8. The number of carboxylic acid groups (broad SMARTS) is 1. The van der Waals surface area contributed by atoms with Crippen molar-refractivity contribution in [2.45, 2.75) is 26.2 Å². The lowest BCUT2D eigenvalue weighted by atomic mass is 9.98. The van der Waals surface area contributed by atoms with Crippen molar-refractivity contribution in [2.75, 3.05) is 18.5 Å². The maximum atomic E-state index is 12.3. The number of alkyl carbamates (subject to hydrolysis) is 1. The van der Waals surface area contributed by atoms with Gasteiger partial charge in [-0.25, -0.2) is 9.59 Å². The number of benzene rings is 2. The average molecular weight is 480 g/mol. The number of hydrogen-bond acceptors (Lipinski definition) is 6. The second-order valence-electron chi connectivity index (χ2n) is 8.34. The number of amides is 2. The minimum absolute atomic E-state index is 0.00256. The number of carbonyl (C=O) groups is 3. The van der Waals surface area contributed by atoms with E-state index in [2.05, 4.69) is 39.3 Å². The van der Waals surface area contributed by atoms with Gasteiger partial charge in [0.15, 0.2) is 0 Å². The number of nitrogens with zero attached hydrogens (tertiary/aromatic N) is 1. The summed E-state index contributed by atoms with van der Waals surface area (Å²) < 4.78 is 9.50. The quantitative estimate of drug-likeness (QED) is 0.433. The van der Waals surface area contributed by atoms with Crippen molar-refractivity contribution in [2.24, 2.45) is 5.92 Å². The van der Waals surface area contributed by atoms with E-state index in [9.17, 15) is 19.5 Å². The molecule has 0 radical (unpaired) electrons. The first kappa shape index (κ1) is 23.4. The number of aromatic carboxylic acids is 1. The molecule has 8 nitrogen and oxygen atoms in total. The molecule has 4 rings (SSSR count). The largest absolute Gasteiger partial charge is 0.478 e. The maximum Gasteiger partial charge on any atom is 0.407 e. The SMILES string of the molecule is Cc1nsc(NC(=O)CC(C)CNC(=O)OCC2c3ccccc3-c3ccccc32)c1C(=O)O. The first-order valence-corrected chi connectivity index (χ1v) is 11.7. The Morgan fingerprint density at radius 1 is 1.09 bits per heavy atom. The van der Waals surface area contributed by atoms with Crippen LogP contribution in [0.5, 0.6) is 0 Å². The Morgan fingerprint density at radius 3 is 2.32 bits per heavy atom. The first-order chi connectivity index (χ1) is 16.3. The van der Waals surface area contributed by atoms with Crippen LogP contribution >= 0.6 is 11.5 Å². The van der Waals surface area contributed by atoms with Crippen molar-refractivity contribution in [3.05, 3.63) is 70.9 Å². The molecule has 3 aromatic rings. The molecule has 1 aromatic heterocycles. The highest BCUT2D eigenvalue weighted by molar-refractivity contribution is 7.11. The van der Waals surface area contributed by atoms with E-state index < -0.39 is 12.1 Å². The molecular weight excluding hydrogens is 454 g/mol.